The van der Waals surface area contributed by atoms with Crippen molar-refractivity contribution in [2.24, 2.45) is 5.10 Å². The van der Waals surface area contributed by atoms with Gasteiger partial charge in [-0.25, -0.2) is 0 Å². The molecule has 0 amide bonds. The van der Waals surface area contributed by atoms with Gasteiger partial charge in [-0.15, -0.1) is 0 Å². The third-order valence-electron chi connectivity index (χ3n) is 4.70. The van der Waals surface area contributed by atoms with E-state index in [9.17, 15) is 9.59 Å². The lowest BCUT2D eigenvalue weighted by Crippen LogP contribution is -2.22. The number of pyridine rings is 1. The summed E-state index contributed by atoms with van der Waals surface area (Å²) in [6.07, 6.45) is 3.39. The molecule has 4 rings (SSSR count). The van der Waals surface area contributed by atoms with Crippen LogP contribution in [-0.4, -0.2) is 31.3 Å². The van der Waals surface area contributed by atoms with E-state index in [4.69, 9.17) is 12.2 Å². The summed E-state index contributed by atoms with van der Waals surface area (Å²) in [5.74, 6) is -0.0850. The van der Waals surface area contributed by atoms with Crippen LogP contribution in [0.1, 0.15) is 32.9 Å². The van der Waals surface area contributed by atoms with Crippen LogP contribution in [0.15, 0.2) is 64.6 Å². The maximum Gasteiger partial charge on any atom is 0.296 e. The minimum absolute atomic E-state index is 0.0850. The first-order valence-corrected chi connectivity index (χ1v) is 9.32. The van der Waals surface area contributed by atoms with E-state index in [2.05, 4.69) is 15.3 Å². The number of hydrogen-bond acceptors (Lipinski definition) is 5. The lowest BCUT2D eigenvalue weighted by Gasteiger charge is -2.03. The highest BCUT2D eigenvalue weighted by Crippen LogP contribution is 2.24. The van der Waals surface area contributed by atoms with Crippen molar-refractivity contribution in [1.29, 1.82) is 0 Å². The summed E-state index contributed by atoms with van der Waals surface area (Å²) in [5.41, 5.74) is 3.33. The lowest BCUT2D eigenvalue weighted by molar-refractivity contribution is 0.103. The number of ketones is 1. The predicted octanol–water partition coefficient (Wildman–Crippen LogP) is 3.28. The van der Waals surface area contributed by atoms with Crippen LogP contribution >= 0.6 is 12.2 Å². The Balaban J connectivity index is 1.91. The Kier molecular flexibility index (Phi) is 4.77. The van der Waals surface area contributed by atoms with Crippen LogP contribution in [0.4, 0.5) is 0 Å². The maximum atomic E-state index is 13.2. The van der Waals surface area contributed by atoms with E-state index in [1.807, 2.05) is 53.9 Å². The lowest BCUT2D eigenvalue weighted by atomic mass is 10.0. The summed E-state index contributed by atoms with van der Waals surface area (Å²) >= 11 is 5.13. The summed E-state index contributed by atoms with van der Waals surface area (Å²) in [6.45, 7) is 3.45. The molecule has 29 heavy (non-hydrogen) atoms. The monoisotopic (exact) mass is 403 g/mol. The molecule has 144 valence electrons. The van der Waals surface area contributed by atoms with Gasteiger partial charge in [0.25, 0.3) is 5.56 Å². The molecule has 0 aliphatic rings. The van der Waals surface area contributed by atoms with Crippen molar-refractivity contribution in [3.63, 3.8) is 0 Å². The average Bonchev–Trinajstić information content (AvgIpc) is 3.02. The molecule has 0 atom stereocenters. The third-order valence-corrected chi connectivity index (χ3v) is 4.97. The number of nitrogens with one attached hydrogen (secondary N) is 1. The smallest absolute Gasteiger partial charge is 0.296 e. The first kappa shape index (κ1) is 18.7. The molecule has 3 aromatic heterocycles. The van der Waals surface area contributed by atoms with Gasteiger partial charge in [0.2, 0.25) is 10.6 Å². The van der Waals surface area contributed by atoms with Crippen molar-refractivity contribution in [1.82, 2.24) is 19.3 Å². The fourth-order valence-corrected chi connectivity index (χ4v) is 3.40. The van der Waals surface area contributed by atoms with Crippen molar-refractivity contribution in [3.8, 4) is 0 Å². The molecule has 0 saturated heterocycles. The van der Waals surface area contributed by atoms with Crippen molar-refractivity contribution in [2.45, 2.75) is 13.8 Å². The third kappa shape index (κ3) is 3.23. The van der Waals surface area contributed by atoms with Crippen LogP contribution in [0.3, 0.4) is 0 Å². The van der Waals surface area contributed by atoms with E-state index in [1.165, 1.54) is 0 Å². The molecule has 0 aliphatic carbocycles. The summed E-state index contributed by atoms with van der Waals surface area (Å²) in [4.78, 5) is 25.5. The van der Waals surface area contributed by atoms with Crippen LogP contribution in [-0.2, 0) is 0 Å². The quantitative estimate of drug-likeness (QED) is 0.322. The van der Waals surface area contributed by atoms with Crippen molar-refractivity contribution in [3.05, 3.63) is 97.9 Å². The maximum absolute atomic E-state index is 13.2. The number of benzene rings is 1. The summed E-state index contributed by atoms with van der Waals surface area (Å²) in [6, 6.07) is 14.8. The van der Waals surface area contributed by atoms with Gasteiger partial charge in [-0.2, -0.15) is 14.9 Å². The molecule has 0 spiro atoms. The van der Waals surface area contributed by atoms with Gasteiger partial charge in [0, 0.05) is 17.3 Å². The van der Waals surface area contributed by atoms with E-state index in [0.717, 1.165) is 21.3 Å². The molecule has 8 heteroatoms. The Hall–Kier alpha value is -3.65. The Morgan fingerprint density at radius 3 is 2.62 bits per heavy atom. The largest absolute Gasteiger partial charge is 0.313 e. The van der Waals surface area contributed by atoms with Gasteiger partial charge in [-0.3, -0.25) is 14.7 Å². The Bertz CT molecular complexity index is 1380. The number of carbonyl (C=O) groups excluding carboxylic acids is 1. The summed E-state index contributed by atoms with van der Waals surface area (Å²) in [5, 5.41) is 10.7. The number of aryl methyl sites for hydroxylation is 1. The number of carbonyl (C=O) groups is 1. The second-order valence-electron chi connectivity index (χ2n) is 6.51. The zero-order valence-electron chi connectivity index (χ0n) is 15.8. The number of fused-ring (bicyclic) bond motifs is 1. The highest BCUT2D eigenvalue weighted by molar-refractivity contribution is 7.71. The van der Waals surface area contributed by atoms with E-state index >= 15 is 0 Å². The highest BCUT2D eigenvalue weighted by Gasteiger charge is 2.20. The molecular formula is C21H17N5O2S. The number of aromatic amines is 1. The fourth-order valence-electron chi connectivity index (χ4n) is 3.22. The predicted molar refractivity (Wildman–Crippen MR) is 113 cm³/mol. The van der Waals surface area contributed by atoms with Crippen molar-refractivity contribution in [2.75, 3.05) is 0 Å². The fraction of sp³-hybridized carbons (Fsp3) is 0.0952. The van der Waals surface area contributed by atoms with Gasteiger partial charge >= 0.3 is 0 Å². The van der Waals surface area contributed by atoms with Crippen molar-refractivity contribution < 1.29 is 4.79 Å². The zero-order chi connectivity index (χ0) is 20.5. The molecule has 0 radical (unpaired) electrons. The highest BCUT2D eigenvalue weighted by atomic mass is 32.1. The van der Waals surface area contributed by atoms with Gasteiger partial charge in [-0.1, -0.05) is 36.4 Å². The molecule has 1 aromatic carbocycles. The van der Waals surface area contributed by atoms with Crippen LogP contribution in [0.5, 0.6) is 0 Å². The summed E-state index contributed by atoms with van der Waals surface area (Å²) in [7, 11) is 0. The molecule has 3 heterocycles. The van der Waals surface area contributed by atoms with Gasteiger partial charge in [0.15, 0.2) is 0 Å². The molecule has 7 nitrogen and oxygen atoms in total. The first-order chi connectivity index (χ1) is 14.0. The SMILES string of the molecule is Cc1c(/C=N\n2c(=S)[nH]nc(C)c2=O)c2ccccn2c1C(=O)c1ccccc1. The van der Waals surface area contributed by atoms with Gasteiger partial charge in [0.1, 0.15) is 5.69 Å². The number of H-pyrrole nitrogens is 1. The Morgan fingerprint density at radius 2 is 1.86 bits per heavy atom. The van der Waals surface area contributed by atoms with E-state index in [0.29, 0.717) is 11.3 Å². The number of hydrogen-bond donors (Lipinski definition) is 1. The number of rotatable bonds is 4. The molecule has 0 bridgehead atoms. The molecule has 4 aromatic rings. The standard InChI is InChI=1S/C21H17N5O2S/c1-13-16(12-22-26-20(28)14(2)23-24-21(26)29)17-10-6-7-11-25(17)18(13)19(27)15-8-4-3-5-9-15/h3-12H,1-2H3,(H,24,29)/b22-12-. The van der Waals surface area contributed by atoms with Crippen LogP contribution < -0.4 is 5.56 Å². The van der Waals surface area contributed by atoms with E-state index in [-0.39, 0.29) is 16.2 Å². The van der Waals surface area contributed by atoms with Gasteiger partial charge in [-0.05, 0) is 43.8 Å². The minimum Gasteiger partial charge on any atom is -0.313 e. The number of aromatic nitrogens is 4. The van der Waals surface area contributed by atoms with Gasteiger partial charge < -0.3 is 4.40 Å². The average molecular weight is 403 g/mol. The molecular weight excluding hydrogens is 386 g/mol. The molecule has 0 fully saturated rings. The van der Waals surface area contributed by atoms with Crippen LogP contribution in [0.2, 0.25) is 0 Å². The second-order valence-corrected chi connectivity index (χ2v) is 6.90. The minimum atomic E-state index is -0.397. The molecule has 0 unspecified atom stereocenters. The zero-order valence-corrected chi connectivity index (χ0v) is 16.6. The van der Waals surface area contributed by atoms with E-state index < -0.39 is 5.56 Å². The van der Waals surface area contributed by atoms with E-state index in [1.54, 1.807) is 25.3 Å². The molecule has 0 saturated carbocycles. The van der Waals surface area contributed by atoms with Crippen LogP contribution in [0, 0.1) is 18.6 Å². The van der Waals surface area contributed by atoms with Gasteiger partial charge in [0.05, 0.1) is 17.4 Å². The first-order valence-electron chi connectivity index (χ1n) is 8.91. The van der Waals surface area contributed by atoms with Crippen molar-refractivity contribution >= 4 is 29.7 Å². The Labute approximate surface area is 171 Å². The number of nitrogens with zero attached hydrogens (tertiary/aromatic N) is 4. The van der Waals surface area contributed by atoms with Crippen LogP contribution in [0.25, 0.3) is 5.52 Å². The normalized spacial score (nSPS) is 11.4. The second kappa shape index (κ2) is 7.40. The summed E-state index contributed by atoms with van der Waals surface area (Å²) < 4.78 is 3.02. The Morgan fingerprint density at radius 1 is 1.14 bits per heavy atom. The molecule has 0 aliphatic heterocycles. The topological polar surface area (TPSA) is 84.5 Å². The molecule has 1 N–H and O–H groups in total.